The molecule has 3 aromatic rings. The molecule has 8 nitrogen and oxygen atoms in total. The van der Waals surface area contributed by atoms with Crippen LogP contribution in [0.25, 0.3) is 21.8 Å². The minimum absolute atomic E-state index is 0.0743. The molecular weight excluding hydrogens is 402 g/mol. The molecule has 0 aliphatic rings. The second-order valence-corrected chi connectivity index (χ2v) is 7.96. The number of carbonyl (C=O) groups is 1. The number of benzene rings is 1. The largest absolute Gasteiger partial charge is 0.396 e. The smallest absolute Gasteiger partial charge is 0.267 e. The number of carbonyl (C=O) groups excluding carboxylic acids is 1. The highest BCUT2D eigenvalue weighted by molar-refractivity contribution is 7.19. The van der Waals surface area contributed by atoms with Gasteiger partial charge in [-0.15, -0.1) is 0 Å². The van der Waals surface area contributed by atoms with Gasteiger partial charge in [-0.05, 0) is 32.9 Å². The van der Waals surface area contributed by atoms with Crippen LogP contribution in [0.3, 0.4) is 0 Å². The van der Waals surface area contributed by atoms with Crippen LogP contribution in [0.15, 0.2) is 47.3 Å². The van der Waals surface area contributed by atoms with Gasteiger partial charge in [0, 0.05) is 18.2 Å². The highest BCUT2D eigenvalue weighted by atomic mass is 32.1. The summed E-state index contributed by atoms with van der Waals surface area (Å²) in [6, 6.07) is 12.8. The highest BCUT2D eigenvalue weighted by Gasteiger charge is 2.18. The van der Waals surface area contributed by atoms with E-state index in [1.807, 2.05) is 44.2 Å². The Balaban J connectivity index is 1.93. The number of hydrogen-bond acceptors (Lipinski definition) is 7. The van der Waals surface area contributed by atoms with Crippen molar-refractivity contribution in [3.8, 4) is 21.8 Å². The summed E-state index contributed by atoms with van der Waals surface area (Å²) in [6.07, 6.45) is 0.587. The number of nitrogens with zero attached hydrogens (tertiary/aromatic N) is 3. The normalized spacial score (nSPS) is 11.1. The third kappa shape index (κ3) is 5.38. The van der Waals surface area contributed by atoms with Crippen LogP contribution in [0.4, 0.5) is 5.13 Å². The van der Waals surface area contributed by atoms with E-state index in [-0.39, 0.29) is 30.7 Å². The first-order valence-corrected chi connectivity index (χ1v) is 10.6. The van der Waals surface area contributed by atoms with E-state index in [2.05, 4.69) is 20.7 Å². The van der Waals surface area contributed by atoms with Gasteiger partial charge in [-0.1, -0.05) is 41.7 Å². The van der Waals surface area contributed by atoms with Crippen molar-refractivity contribution < 1.29 is 9.90 Å². The molecule has 30 heavy (non-hydrogen) atoms. The zero-order chi connectivity index (χ0) is 21.5. The Morgan fingerprint density at radius 2 is 1.97 bits per heavy atom. The molecule has 3 N–H and O–H groups in total. The second kappa shape index (κ2) is 10.2. The van der Waals surface area contributed by atoms with Gasteiger partial charge in [0.15, 0.2) is 5.13 Å². The Hall–Kier alpha value is -2.88. The molecular formula is C21H25N5O3S. The van der Waals surface area contributed by atoms with Crippen molar-refractivity contribution in [1.82, 2.24) is 20.1 Å². The van der Waals surface area contributed by atoms with Crippen molar-refractivity contribution in [2.45, 2.75) is 26.3 Å². The van der Waals surface area contributed by atoms with E-state index in [1.165, 1.54) is 22.1 Å². The number of nitrogens with one attached hydrogen (secondary N) is 2. The maximum atomic E-state index is 12.2. The summed E-state index contributed by atoms with van der Waals surface area (Å²) in [6.45, 7) is 4.57. The zero-order valence-corrected chi connectivity index (χ0v) is 17.8. The van der Waals surface area contributed by atoms with Crippen molar-refractivity contribution >= 4 is 22.4 Å². The molecule has 3 rings (SSSR count). The predicted octanol–water partition coefficient (Wildman–Crippen LogP) is 2.53. The summed E-state index contributed by atoms with van der Waals surface area (Å²) < 4.78 is 1.44. The fourth-order valence-corrected chi connectivity index (χ4v) is 3.79. The number of aromatic nitrogens is 3. The van der Waals surface area contributed by atoms with Gasteiger partial charge in [-0.25, -0.2) is 9.67 Å². The van der Waals surface area contributed by atoms with Crippen LogP contribution >= 0.6 is 11.3 Å². The maximum absolute atomic E-state index is 12.2. The highest BCUT2D eigenvalue weighted by Crippen LogP contribution is 2.37. The molecule has 1 amide bonds. The Morgan fingerprint density at radius 3 is 2.67 bits per heavy atom. The molecule has 0 atom stereocenters. The first kappa shape index (κ1) is 21.8. The third-order valence-corrected chi connectivity index (χ3v) is 5.26. The minimum atomic E-state index is -0.215. The van der Waals surface area contributed by atoms with Crippen LogP contribution in [0.2, 0.25) is 0 Å². The lowest BCUT2D eigenvalue weighted by molar-refractivity contribution is -0.115. The molecule has 0 fully saturated rings. The Morgan fingerprint density at radius 1 is 1.20 bits per heavy atom. The fourth-order valence-electron chi connectivity index (χ4n) is 2.82. The van der Waals surface area contributed by atoms with Crippen LogP contribution in [0.1, 0.15) is 26.3 Å². The second-order valence-electron chi connectivity index (χ2n) is 6.96. The minimum Gasteiger partial charge on any atom is -0.396 e. The maximum Gasteiger partial charge on any atom is 0.267 e. The summed E-state index contributed by atoms with van der Waals surface area (Å²) in [5.41, 5.74) is 2.06. The molecule has 0 saturated heterocycles. The third-order valence-electron chi connectivity index (χ3n) is 4.26. The summed E-state index contributed by atoms with van der Waals surface area (Å²) in [5, 5.41) is 19.6. The molecule has 0 radical (unpaired) electrons. The van der Waals surface area contributed by atoms with Gasteiger partial charge in [-0.3, -0.25) is 9.59 Å². The molecule has 2 heterocycles. The van der Waals surface area contributed by atoms with E-state index in [0.29, 0.717) is 29.5 Å². The van der Waals surface area contributed by atoms with Crippen molar-refractivity contribution in [2.24, 2.45) is 0 Å². The number of aliphatic hydroxyl groups is 1. The summed E-state index contributed by atoms with van der Waals surface area (Å²) in [7, 11) is 0. The molecule has 0 unspecified atom stereocenters. The number of amides is 1. The monoisotopic (exact) mass is 427 g/mol. The lowest BCUT2D eigenvalue weighted by Gasteiger charge is -2.09. The van der Waals surface area contributed by atoms with Gasteiger partial charge in [0.2, 0.25) is 5.91 Å². The van der Waals surface area contributed by atoms with Gasteiger partial charge in [0.05, 0.1) is 23.2 Å². The first-order valence-electron chi connectivity index (χ1n) is 9.77. The van der Waals surface area contributed by atoms with Crippen LogP contribution in [0.5, 0.6) is 0 Å². The molecule has 158 valence electrons. The van der Waals surface area contributed by atoms with E-state index < -0.39 is 0 Å². The first-order chi connectivity index (χ1) is 14.5. The van der Waals surface area contributed by atoms with E-state index in [0.717, 1.165) is 10.4 Å². The van der Waals surface area contributed by atoms with Gasteiger partial charge in [-0.2, -0.15) is 5.10 Å². The van der Waals surface area contributed by atoms with Crippen molar-refractivity contribution in [2.75, 3.05) is 25.0 Å². The average molecular weight is 428 g/mol. The molecule has 0 aliphatic carbocycles. The number of rotatable bonds is 9. The molecule has 0 aliphatic heterocycles. The van der Waals surface area contributed by atoms with Crippen LogP contribution in [-0.2, 0) is 4.79 Å². The zero-order valence-electron chi connectivity index (χ0n) is 17.0. The predicted molar refractivity (Wildman–Crippen MR) is 119 cm³/mol. The topological polar surface area (TPSA) is 109 Å². The van der Waals surface area contributed by atoms with Crippen molar-refractivity contribution in [1.29, 1.82) is 0 Å². The van der Waals surface area contributed by atoms with E-state index in [9.17, 15) is 9.59 Å². The van der Waals surface area contributed by atoms with Crippen molar-refractivity contribution in [3.05, 3.63) is 52.8 Å². The molecule has 0 spiro atoms. The molecule has 9 heteroatoms. The number of anilines is 1. The molecule has 2 aromatic heterocycles. The van der Waals surface area contributed by atoms with Gasteiger partial charge < -0.3 is 15.7 Å². The molecule has 1 aromatic carbocycles. The summed E-state index contributed by atoms with van der Waals surface area (Å²) >= 11 is 1.32. The summed E-state index contributed by atoms with van der Waals surface area (Å²) in [5.74, 6) is -0.215. The van der Waals surface area contributed by atoms with Crippen LogP contribution < -0.4 is 16.2 Å². The Labute approximate surface area is 178 Å². The quantitative estimate of drug-likeness (QED) is 0.453. The Kier molecular flexibility index (Phi) is 7.45. The van der Waals surface area contributed by atoms with E-state index in [1.54, 1.807) is 6.07 Å². The standard InChI is InChI=1S/C21H25N5O3S/c1-14(2)26-18(29)10-9-16(25-26)20-19(15-7-4-3-5-8-15)24-21(30-20)23-17(28)13-22-11-6-12-27/h3-5,7-10,14,22,27H,6,11-13H2,1-2H3,(H,23,24,28). The number of hydrogen-bond donors (Lipinski definition) is 3. The SMILES string of the molecule is CC(C)n1nc(-c2sc(NC(=O)CNCCCO)nc2-c2ccccc2)ccc1=O. The van der Waals surface area contributed by atoms with Gasteiger partial charge >= 0.3 is 0 Å². The van der Waals surface area contributed by atoms with Crippen LogP contribution in [0, 0.1) is 0 Å². The van der Waals surface area contributed by atoms with E-state index in [4.69, 9.17) is 5.11 Å². The lowest BCUT2D eigenvalue weighted by Crippen LogP contribution is -2.29. The lowest BCUT2D eigenvalue weighted by atomic mass is 10.1. The number of thiazole rings is 1. The van der Waals surface area contributed by atoms with Gasteiger partial charge in [0.1, 0.15) is 5.69 Å². The molecule has 0 saturated carbocycles. The molecule has 0 bridgehead atoms. The summed E-state index contributed by atoms with van der Waals surface area (Å²) in [4.78, 5) is 29.7. The van der Waals surface area contributed by atoms with Crippen molar-refractivity contribution in [3.63, 3.8) is 0 Å². The fraction of sp³-hybridized carbons (Fsp3) is 0.333. The Bertz CT molecular complexity index is 1050. The van der Waals surface area contributed by atoms with E-state index >= 15 is 0 Å². The van der Waals surface area contributed by atoms with Crippen LogP contribution in [-0.4, -0.2) is 45.5 Å². The average Bonchev–Trinajstić information content (AvgIpc) is 3.15. The number of aliphatic hydroxyl groups excluding tert-OH is 1. The van der Waals surface area contributed by atoms with Gasteiger partial charge in [0.25, 0.3) is 5.56 Å².